The molecule has 0 aliphatic rings. The van der Waals surface area contributed by atoms with Crippen molar-refractivity contribution < 1.29 is 8.78 Å². The number of hydrogen-bond donors (Lipinski definition) is 1. The van der Waals surface area contributed by atoms with Crippen molar-refractivity contribution in [1.82, 2.24) is 0 Å². The fraction of sp³-hybridized carbons (Fsp3) is 0.333. The summed E-state index contributed by atoms with van der Waals surface area (Å²) in [6, 6.07) is 3.82. The van der Waals surface area contributed by atoms with Crippen molar-refractivity contribution >= 4 is 11.6 Å². The van der Waals surface area contributed by atoms with E-state index in [0.717, 1.165) is 6.07 Å². The lowest BCUT2D eigenvalue weighted by molar-refractivity contribution is 0.196. The molecule has 0 aromatic heterocycles. The van der Waals surface area contributed by atoms with Gasteiger partial charge in [0.25, 0.3) is 0 Å². The molecule has 2 N–H and O–H groups in total. The zero-order chi connectivity index (χ0) is 10.1. The number of rotatable bonds is 2. The topological polar surface area (TPSA) is 26.0 Å². The van der Waals surface area contributed by atoms with Gasteiger partial charge in [-0.05, 0) is 19.1 Å². The fourth-order valence-corrected chi connectivity index (χ4v) is 1.18. The molecule has 0 aliphatic carbocycles. The molecule has 1 atom stereocenters. The van der Waals surface area contributed by atoms with Gasteiger partial charge in [0.15, 0.2) is 0 Å². The zero-order valence-corrected chi connectivity index (χ0v) is 7.91. The Labute approximate surface area is 80.5 Å². The molecule has 1 nitrogen and oxygen atoms in total. The van der Waals surface area contributed by atoms with E-state index in [0.29, 0.717) is 0 Å². The van der Waals surface area contributed by atoms with Crippen molar-refractivity contribution in [1.29, 1.82) is 0 Å². The van der Waals surface area contributed by atoms with E-state index in [1.54, 1.807) is 0 Å². The van der Waals surface area contributed by atoms with Gasteiger partial charge in [0, 0.05) is 17.1 Å². The van der Waals surface area contributed by atoms with Gasteiger partial charge in [-0.1, -0.05) is 17.7 Å². The number of nitrogens with two attached hydrogens (primary N) is 1. The van der Waals surface area contributed by atoms with Crippen molar-refractivity contribution in [2.45, 2.75) is 12.6 Å². The normalized spacial score (nSPS) is 15.5. The molecular formula is C9H10ClF2N. The van der Waals surface area contributed by atoms with Gasteiger partial charge in [-0.3, -0.25) is 0 Å². The first-order chi connectivity index (χ1) is 5.97. The molecule has 1 aromatic carbocycles. The maximum Gasteiger partial charge on any atom is 0.148 e. The highest BCUT2D eigenvalue weighted by Gasteiger charge is 2.27. The highest BCUT2D eigenvalue weighted by molar-refractivity contribution is 6.30. The Kier molecular flexibility index (Phi) is 2.88. The Bertz CT molecular complexity index is 312. The van der Waals surface area contributed by atoms with Gasteiger partial charge < -0.3 is 5.73 Å². The van der Waals surface area contributed by atoms with Crippen molar-refractivity contribution in [2.24, 2.45) is 5.73 Å². The van der Waals surface area contributed by atoms with Crippen molar-refractivity contribution in [2.75, 3.05) is 6.54 Å². The lowest BCUT2D eigenvalue weighted by Gasteiger charge is -2.18. The minimum atomic E-state index is -1.84. The second-order valence-corrected chi connectivity index (χ2v) is 3.46. The maximum atomic E-state index is 13.5. The molecular weight excluding hydrogens is 196 g/mol. The fourth-order valence-electron chi connectivity index (χ4n) is 1.02. The summed E-state index contributed by atoms with van der Waals surface area (Å²) in [6.45, 7) is 0.977. The van der Waals surface area contributed by atoms with Crippen LogP contribution >= 0.6 is 11.6 Å². The molecule has 1 aromatic rings. The van der Waals surface area contributed by atoms with E-state index in [4.69, 9.17) is 17.3 Å². The van der Waals surface area contributed by atoms with Crippen LogP contribution in [0.25, 0.3) is 0 Å². The van der Waals surface area contributed by atoms with Gasteiger partial charge in [-0.25, -0.2) is 8.78 Å². The van der Waals surface area contributed by atoms with Crippen molar-refractivity contribution in [3.63, 3.8) is 0 Å². The predicted octanol–water partition coefficient (Wildman–Crippen LogP) is 2.62. The minimum Gasteiger partial charge on any atom is -0.327 e. The van der Waals surface area contributed by atoms with Gasteiger partial charge in [0.1, 0.15) is 11.5 Å². The predicted molar refractivity (Wildman–Crippen MR) is 48.9 cm³/mol. The summed E-state index contributed by atoms with van der Waals surface area (Å²) in [4.78, 5) is 0. The van der Waals surface area contributed by atoms with E-state index in [9.17, 15) is 8.78 Å². The lowest BCUT2D eigenvalue weighted by Crippen LogP contribution is -2.27. The molecule has 72 valence electrons. The molecule has 0 aliphatic heterocycles. The van der Waals surface area contributed by atoms with E-state index in [1.807, 2.05) is 0 Å². The third-order valence-electron chi connectivity index (χ3n) is 1.88. The summed E-state index contributed by atoms with van der Waals surface area (Å²) in [6.07, 6.45) is 0. The average Bonchev–Trinajstić information content (AvgIpc) is 2.03. The maximum absolute atomic E-state index is 13.5. The van der Waals surface area contributed by atoms with Gasteiger partial charge in [-0.15, -0.1) is 0 Å². The molecule has 4 heteroatoms. The molecule has 13 heavy (non-hydrogen) atoms. The molecule has 1 rings (SSSR count). The second-order valence-electron chi connectivity index (χ2n) is 3.03. The largest absolute Gasteiger partial charge is 0.327 e. The first-order valence-corrected chi connectivity index (χ1v) is 4.19. The van der Waals surface area contributed by atoms with Crippen LogP contribution in [0.1, 0.15) is 12.5 Å². The van der Waals surface area contributed by atoms with Crippen LogP contribution in [-0.4, -0.2) is 6.54 Å². The van der Waals surface area contributed by atoms with Crippen LogP contribution in [0, 0.1) is 5.82 Å². The third-order valence-corrected chi connectivity index (χ3v) is 2.11. The monoisotopic (exact) mass is 205 g/mol. The number of halogens is 3. The van der Waals surface area contributed by atoms with Crippen LogP contribution in [0.15, 0.2) is 18.2 Å². The van der Waals surface area contributed by atoms with Crippen LogP contribution in [0.2, 0.25) is 5.02 Å². The van der Waals surface area contributed by atoms with Crippen LogP contribution in [-0.2, 0) is 5.67 Å². The van der Waals surface area contributed by atoms with Gasteiger partial charge in [0.05, 0.1) is 0 Å². The Balaban J connectivity index is 3.16. The Morgan fingerprint density at radius 2 is 2.15 bits per heavy atom. The van der Waals surface area contributed by atoms with Crippen molar-refractivity contribution in [3.8, 4) is 0 Å². The van der Waals surface area contributed by atoms with Crippen LogP contribution in [0.4, 0.5) is 8.78 Å². The quantitative estimate of drug-likeness (QED) is 0.789. The Morgan fingerprint density at radius 3 is 2.62 bits per heavy atom. The van der Waals surface area contributed by atoms with E-state index in [2.05, 4.69) is 0 Å². The van der Waals surface area contributed by atoms with E-state index in [-0.39, 0.29) is 17.1 Å². The Morgan fingerprint density at radius 1 is 1.54 bits per heavy atom. The molecule has 0 saturated carbocycles. The molecule has 0 bridgehead atoms. The van der Waals surface area contributed by atoms with Gasteiger partial charge in [-0.2, -0.15) is 0 Å². The van der Waals surface area contributed by atoms with Crippen molar-refractivity contribution in [3.05, 3.63) is 34.6 Å². The lowest BCUT2D eigenvalue weighted by atomic mass is 9.98. The van der Waals surface area contributed by atoms with Crippen LogP contribution in [0.3, 0.4) is 0 Å². The molecule has 0 amide bonds. The number of alkyl halides is 1. The molecule has 0 spiro atoms. The second kappa shape index (κ2) is 3.60. The summed E-state index contributed by atoms with van der Waals surface area (Å²) in [5, 5.41) is 0.245. The van der Waals surface area contributed by atoms with Crippen LogP contribution < -0.4 is 5.73 Å². The molecule has 0 radical (unpaired) electrons. The van der Waals surface area contributed by atoms with Crippen LogP contribution in [0.5, 0.6) is 0 Å². The summed E-state index contributed by atoms with van der Waals surface area (Å²) in [5.41, 5.74) is 3.28. The number of hydrogen-bond acceptors (Lipinski definition) is 1. The number of benzene rings is 1. The average molecular weight is 206 g/mol. The molecule has 0 heterocycles. The Hall–Kier alpha value is -0.670. The van der Waals surface area contributed by atoms with E-state index < -0.39 is 11.5 Å². The first-order valence-electron chi connectivity index (χ1n) is 3.82. The van der Waals surface area contributed by atoms with Gasteiger partial charge in [0.2, 0.25) is 0 Å². The SMILES string of the molecule is CC(F)(CN)c1ccc(Cl)cc1F. The summed E-state index contributed by atoms with van der Waals surface area (Å²) in [7, 11) is 0. The smallest absolute Gasteiger partial charge is 0.148 e. The first kappa shape index (κ1) is 10.4. The highest BCUT2D eigenvalue weighted by atomic mass is 35.5. The van der Waals surface area contributed by atoms with Gasteiger partial charge >= 0.3 is 0 Å². The molecule has 0 saturated heterocycles. The minimum absolute atomic E-state index is 0.0561. The molecule has 1 unspecified atom stereocenters. The molecule has 0 fully saturated rings. The van der Waals surface area contributed by atoms with E-state index in [1.165, 1.54) is 19.1 Å². The summed E-state index contributed by atoms with van der Waals surface area (Å²) < 4.78 is 26.7. The highest BCUT2D eigenvalue weighted by Crippen LogP contribution is 2.28. The zero-order valence-electron chi connectivity index (χ0n) is 7.15. The summed E-state index contributed by atoms with van der Waals surface area (Å²) in [5.74, 6) is -0.664. The van der Waals surface area contributed by atoms with E-state index >= 15 is 0 Å². The third kappa shape index (κ3) is 2.17. The summed E-state index contributed by atoms with van der Waals surface area (Å²) >= 11 is 5.52. The standard InChI is InChI=1S/C9H10ClF2N/c1-9(12,5-13)7-3-2-6(10)4-8(7)11/h2-4H,5,13H2,1H3.